The Labute approximate surface area is 140 Å². The second-order valence-electron chi connectivity index (χ2n) is 3.22. The lowest BCUT2D eigenvalue weighted by Gasteiger charge is -2.18. The lowest BCUT2D eigenvalue weighted by atomic mass is 10.5. The van der Waals surface area contributed by atoms with E-state index in [2.05, 4.69) is 38.4 Å². The molecule has 0 fully saturated rings. The van der Waals surface area contributed by atoms with Crippen LogP contribution in [0.4, 0.5) is 0 Å². The van der Waals surface area contributed by atoms with E-state index in [9.17, 15) is 9.36 Å². The summed E-state index contributed by atoms with van der Waals surface area (Å²) >= 11 is 11.8. The third-order valence-corrected chi connectivity index (χ3v) is 4.11. The van der Waals surface area contributed by atoms with E-state index in [-0.39, 0.29) is 37.1 Å². The van der Waals surface area contributed by atoms with Gasteiger partial charge in [0, 0.05) is 17.3 Å². The molecule has 0 bridgehead atoms. The maximum atomic E-state index is 12.1. The number of hydrogen-bond acceptors (Lipinski definition) is 6. The molecular weight excluding hydrogens is 442 g/mol. The molecule has 0 aromatic rings. The Hall–Kier alpha value is 0.570. The first-order valence-corrected chi connectivity index (χ1v) is 9.59. The van der Waals surface area contributed by atoms with E-state index in [1.54, 1.807) is 0 Å². The van der Waals surface area contributed by atoms with Gasteiger partial charge in [0.25, 0.3) is 0 Å². The molecule has 0 aromatic heterocycles. The van der Waals surface area contributed by atoms with Gasteiger partial charge in [-0.2, -0.15) is 0 Å². The van der Waals surface area contributed by atoms with E-state index in [0.29, 0.717) is 5.33 Å². The molecule has 0 heterocycles. The first kappa shape index (κ1) is 20.6. The molecule has 2 unspecified atom stereocenters. The second kappa shape index (κ2) is 12.1. The molecule has 0 saturated carbocycles. The summed E-state index contributed by atoms with van der Waals surface area (Å²) < 4.78 is 32.1. The fourth-order valence-corrected chi connectivity index (χ4v) is 3.14. The van der Waals surface area contributed by atoms with Crippen LogP contribution in [0.2, 0.25) is 0 Å². The molecule has 2 atom stereocenters. The predicted molar refractivity (Wildman–Crippen MR) is 83.8 cm³/mol. The van der Waals surface area contributed by atoms with E-state index in [1.807, 2.05) is 0 Å². The average Bonchev–Trinajstić information content (AvgIpc) is 2.46. The zero-order chi connectivity index (χ0) is 15.4. The number of phosphoric ester groups is 1. The zero-order valence-corrected chi connectivity index (χ0v) is 15.5. The summed E-state index contributed by atoms with van der Waals surface area (Å²) in [5.74, 6) is -0.383. The van der Waals surface area contributed by atoms with Crippen LogP contribution in [0.3, 0.4) is 0 Å². The van der Waals surface area contributed by atoms with Crippen molar-refractivity contribution in [3.8, 4) is 0 Å². The summed E-state index contributed by atoms with van der Waals surface area (Å²) in [6.45, 7) is 3.49. The van der Waals surface area contributed by atoms with Gasteiger partial charge in [0.1, 0.15) is 6.61 Å². The summed E-state index contributed by atoms with van der Waals surface area (Å²) in [6, 6.07) is 0. The van der Waals surface area contributed by atoms with Crippen molar-refractivity contribution in [2.45, 2.75) is 4.83 Å². The van der Waals surface area contributed by atoms with Gasteiger partial charge in [-0.15, -0.1) is 11.6 Å². The number of carbonyl (C=O) groups is 1. The van der Waals surface area contributed by atoms with Crippen molar-refractivity contribution in [3.05, 3.63) is 12.7 Å². The number of hydrogen-bond donors (Lipinski definition) is 0. The maximum absolute atomic E-state index is 12.1. The molecule has 0 aliphatic carbocycles. The van der Waals surface area contributed by atoms with Gasteiger partial charge in [0.15, 0.2) is 0 Å². The van der Waals surface area contributed by atoms with Crippen LogP contribution in [-0.4, -0.2) is 48.4 Å². The number of alkyl halides is 3. The van der Waals surface area contributed by atoms with Gasteiger partial charge >= 0.3 is 13.8 Å². The standard InChI is InChI=1S/C10H16Br2ClO6P/c1-2-10(14)16-7-9(12)8-19-20(15,17-5-3-11)18-6-4-13/h2,9H,1,3-8H2. The zero-order valence-electron chi connectivity index (χ0n) is 10.6. The fraction of sp³-hybridized carbons (Fsp3) is 0.700. The van der Waals surface area contributed by atoms with Crippen molar-refractivity contribution >= 4 is 57.3 Å². The number of ether oxygens (including phenoxy) is 1. The Bertz CT molecular complexity index is 332. The topological polar surface area (TPSA) is 71.1 Å². The summed E-state index contributed by atoms with van der Waals surface area (Å²) in [6.07, 6.45) is 1.05. The first-order valence-electron chi connectivity index (χ1n) is 5.56. The minimum absolute atomic E-state index is 0.0216. The fourth-order valence-electron chi connectivity index (χ4n) is 0.856. The number of esters is 1. The molecular formula is C10H16Br2ClO6P. The summed E-state index contributed by atoms with van der Waals surface area (Å²) in [5.41, 5.74) is 0. The minimum Gasteiger partial charge on any atom is -0.461 e. The molecule has 20 heavy (non-hydrogen) atoms. The Balaban J connectivity index is 4.19. The Morgan fingerprint density at radius 1 is 1.30 bits per heavy atom. The third-order valence-electron chi connectivity index (χ3n) is 1.64. The van der Waals surface area contributed by atoms with E-state index >= 15 is 0 Å². The number of rotatable bonds is 12. The normalized spacial score (nSPS) is 15.3. The molecule has 0 amide bonds. The van der Waals surface area contributed by atoms with E-state index < -0.39 is 13.8 Å². The molecule has 118 valence electrons. The average molecular weight is 458 g/mol. The SMILES string of the molecule is C=CC(=O)OCC(Br)COP(=O)(OCCCl)OCCBr. The number of carbonyl (C=O) groups excluding carboxylic acids is 1. The van der Waals surface area contributed by atoms with Crippen molar-refractivity contribution < 1.29 is 27.7 Å². The van der Waals surface area contributed by atoms with Gasteiger partial charge in [-0.05, 0) is 0 Å². The number of phosphoric acid groups is 1. The van der Waals surface area contributed by atoms with E-state index in [1.165, 1.54) is 0 Å². The highest BCUT2D eigenvalue weighted by molar-refractivity contribution is 9.09. The monoisotopic (exact) mass is 456 g/mol. The van der Waals surface area contributed by atoms with Crippen LogP contribution in [0.1, 0.15) is 0 Å². The van der Waals surface area contributed by atoms with Crippen LogP contribution in [0.5, 0.6) is 0 Å². The quantitative estimate of drug-likeness (QED) is 0.194. The molecule has 0 radical (unpaired) electrons. The molecule has 0 N–H and O–H groups in total. The van der Waals surface area contributed by atoms with Crippen molar-refractivity contribution in [2.75, 3.05) is 37.6 Å². The van der Waals surface area contributed by atoms with Crippen molar-refractivity contribution in [1.29, 1.82) is 0 Å². The molecule has 0 aliphatic rings. The number of halogens is 3. The molecule has 10 heteroatoms. The Morgan fingerprint density at radius 2 is 1.95 bits per heavy atom. The lowest BCUT2D eigenvalue weighted by Crippen LogP contribution is -2.18. The van der Waals surface area contributed by atoms with Gasteiger partial charge < -0.3 is 4.74 Å². The largest absolute Gasteiger partial charge is 0.474 e. The Morgan fingerprint density at radius 3 is 2.50 bits per heavy atom. The summed E-state index contributed by atoms with van der Waals surface area (Å²) in [5, 5.41) is 0.485. The molecule has 0 rings (SSSR count). The van der Waals surface area contributed by atoms with Crippen LogP contribution in [0.25, 0.3) is 0 Å². The van der Waals surface area contributed by atoms with Crippen LogP contribution in [-0.2, 0) is 27.7 Å². The smallest absolute Gasteiger partial charge is 0.461 e. The minimum atomic E-state index is -3.67. The van der Waals surface area contributed by atoms with Crippen LogP contribution in [0.15, 0.2) is 12.7 Å². The lowest BCUT2D eigenvalue weighted by molar-refractivity contribution is -0.137. The van der Waals surface area contributed by atoms with Gasteiger partial charge in [-0.3, -0.25) is 13.6 Å². The molecule has 0 spiro atoms. The summed E-state index contributed by atoms with van der Waals surface area (Å²) in [4.78, 5) is 10.5. The van der Waals surface area contributed by atoms with Crippen molar-refractivity contribution in [2.24, 2.45) is 0 Å². The predicted octanol–water partition coefficient (Wildman–Crippen LogP) is 3.27. The highest BCUT2D eigenvalue weighted by Gasteiger charge is 2.27. The Kier molecular flexibility index (Phi) is 12.5. The van der Waals surface area contributed by atoms with E-state index in [0.717, 1.165) is 6.08 Å². The van der Waals surface area contributed by atoms with E-state index in [4.69, 9.17) is 29.9 Å². The van der Waals surface area contributed by atoms with Gasteiger partial charge in [0.05, 0.1) is 24.6 Å². The van der Waals surface area contributed by atoms with Gasteiger partial charge in [-0.25, -0.2) is 9.36 Å². The second-order valence-corrected chi connectivity index (χ2v) is 7.35. The van der Waals surface area contributed by atoms with Gasteiger partial charge in [-0.1, -0.05) is 38.4 Å². The first-order chi connectivity index (χ1) is 9.47. The molecule has 0 aliphatic heterocycles. The van der Waals surface area contributed by atoms with Crippen molar-refractivity contribution in [1.82, 2.24) is 0 Å². The molecule has 6 nitrogen and oxygen atoms in total. The van der Waals surface area contributed by atoms with Gasteiger partial charge in [0.2, 0.25) is 0 Å². The highest BCUT2D eigenvalue weighted by atomic mass is 79.9. The molecule has 0 aromatic carbocycles. The highest BCUT2D eigenvalue weighted by Crippen LogP contribution is 2.49. The van der Waals surface area contributed by atoms with Crippen LogP contribution in [0, 0.1) is 0 Å². The maximum Gasteiger partial charge on any atom is 0.474 e. The third kappa shape index (κ3) is 10.3. The summed E-state index contributed by atoms with van der Waals surface area (Å²) in [7, 11) is -3.67. The van der Waals surface area contributed by atoms with Crippen LogP contribution < -0.4 is 0 Å². The van der Waals surface area contributed by atoms with Crippen LogP contribution >= 0.6 is 51.3 Å². The molecule has 0 saturated heterocycles. The van der Waals surface area contributed by atoms with Crippen molar-refractivity contribution in [3.63, 3.8) is 0 Å².